The minimum Gasteiger partial charge on any atom is -0.423 e. The van der Waals surface area contributed by atoms with Gasteiger partial charge in [0.05, 0.1) is 5.69 Å². The van der Waals surface area contributed by atoms with E-state index in [2.05, 4.69) is 4.98 Å². The van der Waals surface area contributed by atoms with Gasteiger partial charge in [0.1, 0.15) is 5.75 Å². The van der Waals surface area contributed by atoms with Crippen LogP contribution in [0.4, 0.5) is 0 Å². The number of rotatable bonds is 4. The highest BCUT2D eigenvalue weighted by Gasteiger charge is 2.10. The molecule has 0 bridgehead atoms. The third kappa shape index (κ3) is 3.25. The number of carbonyl (C=O) groups excluding carboxylic acids is 2. The van der Waals surface area contributed by atoms with Gasteiger partial charge in [-0.2, -0.15) is 0 Å². The van der Waals surface area contributed by atoms with Crippen LogP contribution >= 0.6 is 22.9 Å². The van der Waals surface area contributed by atoms with E-state index in [1.165, 1.54) is 35.6 Å². The van der Waals surface area contributed by atoms with Gasteiger partial charge in [0.15, 0.2) is 10.1 Å². The Bertz CT molecular complexity index is 929. The molecule has 2 N–H and O–H groups in total. The Labute approximate surface area is 139 Å². The summed E-state index contributed by atoms with van der Waals surface area (Å²) in [7, 11) is 0. The molecule has 116 valence electrons. The monoisotopic (exact) mass is 347 g/mol. The maximum Gasteiger partial charge on any atom is 0.336 e. The van der Waals surface area contributed by atoms with Crippen LogP contribution < -0.4 is 10.5 Å². The Morgan fingerprint density at radius 3 is 3.00 bits per heavy atom. The first kappa shape index (κ1) is 15.3. The van der Waals surface area contributed by atoms with Crippen molar-refractivity contribution in [1.82, 2.24) is 9.38 Å². The molecule has 0 radical (unpaired) electrons. The number of esters is 1. The van der Waals surface area contributed by atoms with E-state index in [4.69, 9.17) is 22.1 Å². The number of benzene rings is 1. The summed E-state index contributed by atoms with van der Waals surface area (Å²) in [6.45, 7) is 0. The maximum atomic E-state index is 11.9. The van der Waals surface area contributed by atoms with Crippen molar-refractivity contribution in [1.29, 1.82) is 0 Å². The standard InChI is InChI=1S/C15H10ClN3O3S/c16-13-11(19-6-7-23-15(19)18-13)4-5-12(20)22-10-3-1-2-9(8-10)14(17)21/h1-8H,(H2,17,21)/b5-4+. The molecule has 0 unspecified atom stereocenters. The quantitative estimate of drug-likeness (QED) is 0.446. The van der Waals surface area contributed by atoms with Gasteiger partial charge in [-0.1, -0.05) is 17.7 Å². The molecule has 0 aliphatic rings. The van der Waals surface area contributed by atoms with Gasteiger partial charge in [-0.3, -0.25) is 9.20 Å². The zero-order chi connectivity index (χ0) is 16.4. The molecule has 0 aliphatic carbocycles. The second kappa shape index (κ2) is 6.23. The fourth-order valence-electron chi connectivity index (χ4n) is 1.94. The van der Waals surface area contributed by atoms with Crippen molar-refractivity contribution >= 4 is 45.9 Å². The van der Waals surface area contributed by atoms with Crippen molar-refractivity contribution in [3.8, 4) is 5.75 Å². The number of nitrogens with two attached hydrogens (primary N) is 1. The minimum atomic E-state index is -0.604. The second-order valence-corrected chi connectivity index (χ2v) is 5.72. The zero-order valence-corrected chi connectivity index (χ0v) is 13.2. The van der Waals surface area contributed by atoms with Gasteiger partial charge in [-0.15, -0.1) is 11.3 Å². The molecule has 0 saturated carbocycles. The van der Waals surface area contributed by atoms with Crippen molar-refractivity contribution in [2.24, 2.45) is 5.73 Å². The van der Waals surface area contributed by atoms with Crippen LogP contribution in [0.25, 0.3) is 11.0 Å². The summed E-state index contributed by atoms with van der Waals surface area (Å²) in [5.41, 5.74) is 6.03. The summed E-state index contributed by atoms with van der Waals surface area (Å²) >= 11 is 7.47. The summed E-state index contributed by atoms with van der Waals surface area (Å²) in [6.07, 6.45) is 4.57. The number of primary amides is 1. The lowest BCUT2D eigenvalue weighted by atomic mass is 10.2. The van der Waals surface area contributed by atoms with Gasteiger partial charge in [-0.25, -0.2) is 9.78 Å². The number of hydrogen-bond acceptors (Lipinski definition) is 5. The number of aromatic nitrogens is 2. The highest BCUT2D eigenvalue weighted by Crippen LogP contribution is 2.22. The average molecular weight is 348 g/mol. The molecule has 0 aliphatic heterocycles. The highest BCUT2D eigenvalue weighted by molar-refractivity contribution is 7.15. The van der Waals surface area contributed by atoms with Gasteiger partial charge in [0.2, 0.25) is 5.91 Å². The number of amides is 1. The Morgan fingerprint density at radius 2 is 2.22 bits per heavy atom. The molecular weight excluding hydrogens is 338 g/mol. The number of thiazole rings is 1. The predicted octanol–water partition coefficient (Wildman–Crippen LogP) is 2.77. The van der Waals surface area contributed by atoms with E-state index < -0.39 is 11.9 Å². The van der Waals surface area contributed by atoms with Crippen LogP contribution in [0.2, 0.25) is 5.15 Å². The van der Waals surface area contributed by atoms with Crippen LogP contribution in [0.15, 0.2) is 41.9 Å². The Balaban J connectivity index is 1.77. The SMILES string of the molecule is NC(=O)c1cccc(OC(=O)/C=C/c2c(Cl)nc3sccn23)c1. The summed E-state index contributed by atoms with van der Waals surface area (Å²) in [4.78, 5) is 27.9. The molecule has 0 spiro atoms. The third-order valence-corrected chi connectivity index (χ3v) is 4.00. The fraction of sp³-hybridized carbons (Fsp3) is 0. The molecule has 0 fully saturated rings. The highest BCUT2D eigenvalue weighted by atomic mass is 35.5. The largest absolute Gasteiger partial charge is 0.423 e. The number of carbonyl (C=O) groups is 2. The average Bonchev–Trinajstić information content (AvgIpc) is 3.06. The number of nitrogens with zero attached hydrogens (tertiary/aromatic N) is 2. The molecule has 0 atom stereocenters. The summed E-state index contributed by atoms with van der Waals surface area (Å²) in [5, 5.41) is 2.17. The van der Waals surface area contributed by atoms with E-state index in [1.807, 2.05) is 5.38 Å². The first-order chi connectivity index (χ1) is 11.0. The Hall–Kier alpha value is -2.64. The van der Waals surface area contributed by atoms with Gasteiger partial charge in [-0.05, 0) is 24.3 Å². The van der Waals surface area contributed by atoms with Gasteiger partial charge in [0, 0.05) is 23.2 Å². The smallest absolute Gasteiger partial charge is 0.336 e. The lowest BCUT2D eigenvalue weighted by Gasteiger charge is -2.02. The van der Waals surface area contributed by atoms with Crippen LogP contribution in [-0.4, -0.2) is 21.3 Å². The maximum absolute atomic E-state index is 11.9. The Kier molecular flexibility index (Phi) is 4.14. The second-order valence-electron chi connectivity index (χ2n) is 4.49. The summed E-state index contributed by atoms with van der Waals surface area (Å²) in [6, 6.07) is 6.07. The van der Waals surface area contributed by atoms with Crippen LogP contribution in [0.5, 0.6) is 5.75 Å². The number of hydrogen-bond donors (Lipinski definition) is 1. The van der Waals surface area contributed by atoms with Crippen molar-refractivity contribution < 1.29 is 14.3 Å². The predicted molar refractivity (Wildman–Crippen MR) is 87.7 cm³/mol. The normalized spacial score (nSPS) is 11.2. The molecule has 3 rings (SSSR count). The molecule has 23 heavy (non-hydrogen) atoms. The minimum absolute atomic E-state index is 0.232. The number of ether oxygens (including phenoxy) is 1. The first-order valence-electron chi connectivity index (χ1n) is 6.45. The van der Waals surface area contributed by atoms with Crippen molar-refractivity contribution in [3.63, 3.8) is 0 Å². The molecule has 0 saturated heterocycles. The van der Waals surface area contributed by atoms with Crippen molar-refractivity contribution in [2.75, 3.05) is 0 Å². The van der Waals surface area contributed by atoms with E-state index >= 15 is 0 Å². The van der Waals surface area contributed by atoms with Crippen LogP contribution in [0, 0.1) is 0 Å². The Morgan fingerprint density at radius 1 is 1.39 bits per heavy atom. The lowest BCUT2D eigenvalue weighted by molar-refractivity contribution is -0.128. The number of fused-ring (bicyclic) bond motifs is 1. The van der Waals surface area contributed by atoms with Gasteiger partial charge < -0.3 is 10.5 Å². The molecule has 3 aromatic rings. The lowest BCUT2D eigenvalue weighted by Crippen LogP contribution is -2.11. The first-order valence-corrected chi connectivity index (χ1v) is 7.71. The number of imidazole rings is 1. The van der Waals surface area contributed by atoms with E-state index in [9.17, 15) is 9.59 Å². The van der Waals surface area contributed by atoms with E-state index in [0.29, 0.717) is 10.8 Å². The van der Waals surface area contributed by atoms with Crippen molar-refractivity contribution in [3.05, 3.63) is 58.3 Å². The number of halogens is 1. The van der Waals surface area contributed by atoms with E-state index in [-0.39, 0.29) is 11.3 Å². The summed E-state index contributed by atoms with van der Waals surface area (Å²) in [5.74, 6) is -0.965. The van der Waals surface area contributed by atoms with Crippen LogP contribution in [0.3, 0.4) is 0 Å². The zero-order valence-electron chi connectivity index (χ0n) is 11.6. The van der Waals surface area contributed by atoms with Gasteiger partial charge in [0.25, 0.3) is 0 Å². The van der Waals surface area contributed by atoms with Gasteiger partial charge >= 0.3 is 5.97 Å². The summed E-state index contributed by atoms with van der Waals surface area (Å²) < 4.78 is 6.90. The van der Waals surface area contributed by atoms with Crippen LogP contribution in [-0.2, 0) is 4.79 Å². The molecule has 8 heteroatoms. The molecule has 2 heterocycles. The molecule has 1 aromatic carbocycles. The molecule has 6 nitrogen and oxygen atoms in total. The topological polar surface area (TPSA) is 86.7 Å². The van der Waals surface area contributed by atoms with Crippen molar-refractivity contribution in [2.45, 2.75) is 0 Å². The molecule has 2 aromatic heterocycles. The van der Waals surface area contributed by atoms with E-state index in [1.54, 1.807) is 22.7 Å². The molecule has 1 amide bonds. The third-order valence-electron chi connectivity index (χ3n) is 2.97. The fourth-order valence-corrected chi connectivity index (χ4v) is 2.94. The molecular formula is C15H10ClN3O3S. The van der Waals surface area contributed by atoms with E-state index in [0.717, 1.165) is 4.96 Å². The van der Waals surface area contributed by atoms with Crippen LogP contribution in [0.1, 0.15) is 16.1 Å².